The summed E-state index contributed by atoms with van der Waals surface area (Å²) in [5, 5.41) is 3.20. The van der Waals surface area contributed by atoms with E-state index in [-0.39, 0.29) is 16.5 Å². The van der Waals surface area contributed by atoms with Crippen molar-refractivity contribution in [3.05, 3.63) is 100 Å². The highest BCUT2D eigenvalue weighted by atomic mass is 35.5. The summed E-state index contributed by atoms with van der Waals surface area (Å²) in [5.74, 6) is -0.274. The van der Waals surface area contributed by atoms with Gasteiger partial charge in [-0.2, -0.15) is 13.2 Å². The Labute approximate surface area is 208 Å². The third kappa shape index (κ3) is 6.03. The van der Waals surface area contributed by atoms with E-state index < -0.39 is 11.7 Å². The van der Waals surface area contributed by atoms with Crippen LogP contribution in [0.1, 0.15) is 39.9 Å². The molecule has 3 aromatic rings. The van der Waals surface area contributed by atoms with Crippen molar-refractivity contribution in [2.75, 3.05) is 26.2 Å². The maximum atomic E-state index is 13.3. The van der Waals surface area contributed by atoms with E-state index in [2.05, 4.69) is 27.3 Å². The predicted octanol–water partition coefficient (Wildman–Crippen LogP) is 5.76. The van der Waals surface area contributed by atoms with Gasteiger partial charge >= 0.3 is 6.18 Å². The van der Waals surface area contributed by atoms with Crippen molar-refractivity contribution in [2.45, 2.75) is 30.9 Å². The van der Waals surface area contributed by atoms with Gasteiger partial charge in [-0.25, -0.2) is 4.98 Å². The van der Waals surface area contributed by atoms with Crippen LogP contribution in [0.4, 0.5) is 13.2 Å². The molecule has 0 bridgehead atoms. The van der Waals surface area contributed by atoms with E-state index in [9.17, 15) is 18.0 Å². The minimum Gasteiger partial charge on any atom is -0.351 e. The Bertz CT molecular complexity index is 1150. The second kappa shape index (κ2) is 10.8. The van der Waals surface area contributed by atoms with Gasteiger partial charge in [-0.05, 0) is 61.7 Å². The van der Waals surface area contributed by atoms with Gasteiger partial charge in [0.1, 0.15) is 5.15 Å². The zero-order chi connectivity index (χ0) is 24.9. The number of hydrogen-bond acceptors (Lipinski definition) is 3. The molecule has 1 N–H and O–H groups in total. The standard InChI is InChI=1S/C27H27ClF3N3O/c28-24-22(10-6-15-32-24)25(35)33-19-26(21-8-2-1-3-9-21)13-17-34(18-14-26)16-12-20-7-4-5-11-23(20)27(29,30)31/h1-11,15H,12-14,16-19H2,(H,33,35). The van der Waals surface area contributed by atoms with Crippen molar-refractivity contribution in [3.8, 4) is 0 Å². The zero-order valence-electron chi connectivity index (χ0n) is 19.2. The van der Waals surface area contributed by atoms with Crippen LogP contribution in [0.5, 0.6) is 0 Å². The summed E-state index contributed by atoms with van der Waals surface area (Å²) in [6.07, 6.45) is -0.925. The van der Waals surface area contributed by atoms with Crippen LogP contribution in [0.3, 0.4) is 0 Å². The summed E-state index contributed by atoms with van der Waals surface area (Å²) in [6, 6.07) is 19.1. The number of amides is 1. The molecule has 0 spiro atoms. The first kappa shape index (κ1) is 25.2. The number of aromatic nitrogens is 1. The molecule has 184 valence electrons. The minimum absolute atomic E-state index is 0.160. The Balaban J connectivity index is 1.43. The van der Waals surface area contributed by atoms with Crippen LogP contribution in [-0.2, 0) is 18.0 Å². The molecule has 1 saturated heterocycles. The average Bonchev–Trinajstić information content (AvgIpc) is 2.87. The molecule has 0 atom stereocenters. The van der Waals surface area contributed by atoms with Gasteiger partial charge in [-0.3, -0.25) is 4.79 Å². The van der Waals surface area contributed by atoms with Crippen molar-refractivity contribution in [3.63, 3.8) is 0 Å². The van der Waals surface area contributed by atoms with Gasteiger partial charge in [0, 0.05) is 24.7 Å². The van der Waals surface area contributed by atoms with Crippen molar-refractivity contribution in [1.82, 2.24) is 15.2 Å². The number of carbonyl (C=O) groups excluding carboxylic acids is 1. The van der Waals surface area contributed by atoms with E-state index >= 15 is 0 Å². The van der Waals surface area contributed by atoms with Gasteiger partial charge in [-0.15, -0.1) is 0 Å². The maximum Gasteiger partial charge on any atom is 0.416 e. The molecule has 35 heavy (non-hydrogen) atoms. The molecule has 1 fully saturated rings. The number of alkyl halides is 3. The Morgan fingerprint density at radius 3 is 2.37 bits per heavy atom. The highest BCUT2D eigenvalue weighted by molar-refractivity contribution is 6.32. The number of likely N-dealkylation sites (tertiary alicyclic amines) is 1. The maximum absolute atomic E-state index is 13.3. The first-order valence-corrected chi connectivity index (χ1v) is 12.0. The van der Waals surface area contributed by atoms with Gasteiger partial charge in [0.2, 0.25) is 0 Å². The molecule has 1 aliphatic rings. The Kier molecular flexibility index (Phi) is 7.77. The average molecular weight is 502 g/mol. The van der Waals surface area contributed by atoms with Crippen molar-refractivity contribution in [2.24, 2.45) is 0 Å². The number of pyridine rings is 1. The molecule has 2 heterocycles. The smallest absolute Gasteiger partial charge is 0.351 e. The summed E-state index contributed by atoms with van der Waals surface area (Å²) in [4.78, 5) is 19.0. The largest absolute Gasteiger partial charge is 0.416 e. The van der Waals surface area contributed by atoms with Crippen molar-refractivity contribution < 1.29 is 18.0 Å². The molecule has 1 aliphatic heterocycles. The summed E-state index contributed by atoms with van der Waals surface area (Å²) >= 11 is 6.09. The van der Waals surface area contributed by atoms with E-state index in [1.165, 1.54) is 12.3 Å². The molecule has 4 nitrogen and oxygen atoms in total. The molecule has 0 aliphatic carbocycles. The molecule has 1 amide bonds. The number of hydrogen-bond donors (Lipinski definition) is 1. The van der Waals surface area contributed by atoms with Gasteiger partial charge in [-0.1, -0.05) is 60.1 Å². The third-order valence-corrected chi connectivity index (χ3v) is 7.11. The van der Waals surface area contributed by atoms with Gasteiger partial charge in [0.25, 0.3) is 5.91 Å². The second-order valence-electron chi connectivity index (χ2n) is 8.92. The summed E-state index contributed by atoms with van der Waals surface area (Å²) in [5.41, 5.74) is 0.956. The molecule has 2 aromatic carbocycles. The molecule has 0 unspecified atom stereocenters. The van der Waals surface area contributed by atoms with Crippen LogP contribution in [0.25, 0.3) is 0 Å². The van der Waals surface area contributed by atoms with Crippen LogP contribution < -0.4 is 5.32 Å². The summed E-state index contributed by atoms with van der Waals surface area (Å²) in [7, 11) is 0. The van der Waals surface area contributed by atoms with E-state index in [0.29, 0.717) is 30.6 Å². The third-order valence-electron chi connectivity index (χ3n) is 6.81. The lowest BCUT2D eigenvalue weighted by atomic mass is 9.72. The highest BCUT2D eigenvalue weighted by Crippen LogP contribution is 2.36. The quantitative estimate of drug-likeness (QED) is 0.419. The number of halogens is 4. The molecule has 1 aromatic heterocycles. The number of benzene rings is 2. The van der Waals surface area contributed by atoms with Crippen LogP contribution in [0.2, 0.25) is 5.15 Å². The predicted molar refractivity (Wildman–Crippen MR) is 131 cm³/mol. The number of nitrogens with zero attached hydrogens (tertiary/aromatic N) is 2. The van der Waals surface area contributed by atoms with Crippen LogP contribution in [0, 0.1) is 0 Å². The van der Waals surface area contributed by atoms with E-state index in [1.54, 1.807) is 24.3 Å². The summed E-state index contributed by atoms with van der Waals surface area (Å²) in [6.45, 7) is 2.45. The monoisotopic (exact) mass is 501 g/mol. The van der Waals surface area contributed by atoms with Crippen LogP contribution in [-0.4, -0.2) is 42.0 Å². The van der Waals surface area contributed by atoms with E-state index in [0.717, 1.165) is 37.6 Å². The minimum atomic E-state index is -4.35. The number of rotatable bonds is 7. The van der Waals surface area contributed by atoms with Gasteiger partial charge in [0.15, 0.2) is 0 Å². The lowest BCUT2D eigenvalue weighted by Crippen LogP contribution is -2.49. The fourth-order valence-corrected chi connectivity index (χ4v) is 4.96. The lowest BCUT2D eigenvalue weighted by Gasteiger charge is -2.42. The highest BCUT2D eigenvalue weighted by Gasteiger charge is 2.37. The fraction of sp³-hybridized carbons (Fsp3) is 0.333. The van der Waals surface area contributed by atoms with E-state index in [4.69, 9.17) is 11.6 Å². The number of carbonyl (C=O) groups is 1. The zero-order valence-corrected chi connectivity index (χ0v) is 19.9. The molecule has 8 heteroatoms. The van der Waals surface area contributed by atoms with Crippen LogP contribution >= 0.6 is 11.6 Å². The topological polar surface area (TPSA) is 45.2 Å². The Morgan fingerprint density at radius 2 is 1.69 bits per heavy atom. The number of piperidine rings is 1. The molecule has 0 radical (unpaired) electrons. The lowest BCUT2D eigenvalue weighted by molar-refractivity contribution is -0.138. The molecule has 0 saturated carbocycles. The first-order valence-electron chi connectivity index (χ1n) is 11.6. The normalized spacial score (nSPS) is 16.1. The molecular formula is C27H27ClF3N3O. The van der Waals surface area contributed by atoms with E-state index in [1.807, 2.05) is 18.2 Å². The van der Waals surface area contributed by atoms with Gasteiger partial charge in [0.05, 0.1) is 11.1 Å². The van der Waals surface area contributed by atoms with Gasteiger partial charge < -0.3 is 10.2 Å². The SMILES string of the molecule is O=C(NCC1(c2ccccc2)CCN(CCc2ccccc2C(F)(F)F)CC1)c1cccnc1Cl. The first-order chi connectivity index (χ1) is 16.8. The van der Waals surface area contributed by atoms with Crippen molar-refractivity contribution in [1.29, 1.82) is 0 Å². The van der Waals surface area contributed by atoms with Crippen molar-refractivity contribution >= 4 is 17.5 Å². The molecule has 4 rings (SSSR count). The number of nitrogens with one attached hydrogen (secondary N) is 1. The Hall–Kier alpha value is -2.90. The van der Waals surface area contributed by atoms with Crippen LogP contribution in [0.15, 0.2) is 72.9 Å². The second-order valence-corrected chi connectivity index (χ2v) is 9.28. The Morgan fingerprint density at radius 1 is 1.00 bits per heavy atom. The fourth-order valence-electron chi connectivity index (χ4n) is 4.76. The molecular weight excluding hydrogens is 475 g/mol. The summed E-state index contributed by atoms with van der Waals surface area (Å²) < 4.78 is 40.0.